The summed E-state index contributed by atoms with van der Waals surface area (Å²) in [6, 6.07) is 5.50. The number of nitrogens with one attached hydrogen (secondary N) is 1. The first-order valence-electron chi connectivity index (χ1n) is 8.84. The number of hydrogen-bond acceptors (Lipinski definition) is 5. The van der Waals surface area contributed by atoms with Gasteiger partial charge in [-0.15, -0.1) is 11.3 Å². The van der Waals surface area contributed by atoms with E-state index in [0.29, 0.717) is 17.3 Å². The molecule has 0 aliphatic carbocycles. The van der Waals surface area contributed by atoms with Gasteiger partial charge in [-0.3, -0.25) is 4.79 Å². The lowest BCUT2D eigenvalue weighted by Crippen LogP contribution is -2.35. The summed E-state index contributed by atoms with van der Waals surface area (Å²) in [4.78, 5) is 13.0. The molecule has 0 saturated carbocycles. The first-order valence-corrected chi connectivity index (χ1v) is 12.0. The Labute approximate surface area is 163 Å². The summed E-state index contributed by atoms with van der Waals surface area (Å²) < 4.78 is 27.3. The number of nitrogens with zero attached hydrogens (tertiary/aromatic N) is 1. The molecule has 3 rings (SSSR count). The van der Waals surface area contributed by atoms with Crippen molar-refractivity contribution in [3.05, 3.63) is 39.4 Å². The van der Waals surface area contributed by atoms with E-state index in [1.54, 1.807) is 27.8 Å². The van der Waals surface area contributed by atoms with Crippen LogP contribution in [-0.4, -0.2) is 37.8 Å². The Bertz CT molecular complexity index is 822. The van der Waals surface area contributed by atoms with E-state index in [4.69, 9.17) is 0 Å². The first-order chi connectivity index (χ1) is 12.4. The van der Waals surface area contributed by atoms with Gasteiger partial charge in [-0.25, -0.2) is 8.42 Å². The Morgan fingerprint density at radius 3 is 2.69 bits per heavy atom. The van der Waals surface area contributed by atoms with Crippen LogP contribution >= 0.6 is 22.7 Å². The molecule has 0 spiro atoms. The molecule has 0 radical (unpaired) electrons. The number of thiophene rings is 2. The maximum Gasteiger partial charge on any atom is 0.252 e. The predicted octanol–water partition coefficient (Wildman–Crippen LogP) is 3.27. The third kappa shape index (κ3) is 4.94. The van der Waals surface area contributed by atoms with Crippen LogP contribution in [-0.2, 0) is 27.7 Å². The van der Waals surface area contributed by atoms with Crippen LogP contribution in [0.4, 0.5) is 0 Å². The highest BCUT2D eigenvalue weighted by Crippen LogP contribution is 2.27. The van der Waals surface area contributed by atoms with Gasteiger partial charge < -0.3 is 5.32 Å². The van der Waals surface area contributed by atoms with Gasteiger partial charge in [0.2, 0.25) is 5.91 Å². The molecule has 142 valence electrons. The molecule has 3 heterocycles. The van der Waals surface area contributed by atoms with E-state index in [-0.39, 0.29) is 18.4 Å². The molecular formula is C18H24N2O3S3. The Morgan fingerprint density at radius 1 is 1.23 bits per heavy atom. The van der Waals surface area contributed by atoms with Crippen LogP contribution in [0.1, 0.15) is 36.6 Å². The second-order valence-corrected chi connectivity index (χ2v) is 10.8. The molecule has 1 aliphatic rings. The van der Waals surface area contributed by atoms with Crippen molar-refractivity contribution in [3.63, 3.8) is 0 Å². The summed E-state index contributed by atoms with van der Waals surface area (Å²) in [6.07, 6.45) is 3.94. The second kappa shape index (κ2) is 8.65. The second-order valence-electron chi connectivity index (χ2n) is 6.67. The molecule has 2 aromatic heterocycles. The Morgan fingerprint density at radius 2 is 2.00 bits per heavy atom. The van der Waals surface area contributed by atoms with Crippen LogP contribution in [0.2, 0.25) is 0 Å². The zero-order valence-corrected chi connectivity index (χ0v) is 17.3. The van der Waals surface area contributed by atoms with Crippen molar-refractivity contribution in [1.82, 2.24) is 9.62 Å². The fourth-order valence-electron chi connectivity index (χ4n) is 3.12. The minimum Gasteiger partial charge on any atom is -0.353 e. The average molecular weight is 413 g/mol. The maximum atomic E-state index is 12.7. The van der Waals surface area contributed by atoms with E-state index >= 15 is 0 Å². The van der Waals surface area contributed by atoms with Crippen molar-refractivity contribution in [3.8, 4) is 0 Å². The molecular weight excluding hydrogens is 388 g/mol. The lowest BCUT2D eigenvalue weighted by atomic mass is 10.1. The summed E-state index contributed by atoms with van der Waals surface area (Å²) in [5.74, 6) is -0.0727. The van der Waals surface area contributed by atoms with Crippen LogP contribution in [0.15, 0.2) is 33.2 Å². The van der Waals surface area contributed by atoms with Crippen molar-refractivity contribution in [2.75, 3.05) is 13.1 Å². The number of carbonyl (C=O) groups excluding carboxylic acids is 1. The van der Waals surface area contributed by atoms with Gasteiger partial charge in [0, 0.05) is 24.0 Å². The smallest absolute Gasteiger partial charge is 0.252 e. The third-order valence-corrected chi connectivity index (χ3v) is 8.59. The van der Waals surface area contributed by atoms with Crippen LogP contribution in [0, 0.1) is 0 Å². The van der Waals surface area contributed by atoms with Crippen molar-refractivity contribution >= 4 is 38.6 Å². The van der Waals surface area contributed by atoms with Gasteiger partial charge in [-0.2, -0.15) is 15.6 Å². The molecule has 8 heteroatoms. The van der Waals surface area contributed by atoms with Gasteiger partial charge in [0.05, 0.1) is 6.42 Å². The SMILES string of the molecule is CC(Cc1ccsc1)NC(=O)Cc1ccc(S(=O)(=O)N2CCCCC2)s1. The fraction of sp³-hybridized carbons (Fsp3) is 0.500. The molecule has 1 atom stereocenters. The lowest BCUT2D eigenvalue weighted by Gasteiger charge is -2.25. The van der Waals surface area contributed by atoms with E-state index < -0.39 is 10.0 Å². The number of carbonyl (C=O) groups is 1. The molecule has 1 aliphatic heterocycles. The van der Waals surface area contributed by atoms with E-state index in [0.717, 1.165) is 30.6 Å². The minimum absolute atomic E-state index is 0.0496. The summed E-state index contributed by atoms with van der Waals surface area (Å²) in [7, 11) is -3.41. The standard InChI is InChI=1S/C18H24N2O3S3/c1-14(11-15-7-10-24-13-15)19-17(21)12-16-5-6-18(25-16)26(22,23)20-8-3-2-4-9-20/h5-7,10,13-14H,2-4,8-9,11-12H2,1H3,(H,19,21). The summed E-state index contributed by atoms with van der Waals surface area (Å²) >= 11 is 2.85. The highest BCUT2D eigenvalue weighted by Gasteiger charge is 2.27. The van der Waals surface area contributed by atoms with Crippen molar-refractivity contribution in [2.45, 2.75) is 49.3 Å². The highest BCUT2D eigenvalue weighted by atomic mass is 32.2. The summed E-state index contributed by atoms with van der Waals surface area (Å²) in [6.45, 7) is 3.17. The van der Waals surface area contributed by atoms with E-state index in [1.165, 1.54) is 16.9 Å². The average Bonchev–Trinajstić information content (AvgIpc) is 3.27. The Kier molecular flexibility index (Phi) is 6.50. The maximum absolute atomic E-state index is 12.7. The molecule has 0 bridgehead atoms. The normalized spacial score (nSPS) is 17.1. The van der Waals surface area contributed by atoms with Crippen LogP contribution in [0.5, 0.6) is 0 Å². The molecule has 26 heavy (non-hydrogen) atoms. The zero-order valence-electron chi connectivity index (χ0n) is 14.8. The van der Waals surface area contributed by atoms with E-state index in [1.807, 2.05) is 12.3 Å². The minimum atomic E-state index is -3.41. The first kappa shape index (κ1) is 19.5. The quantitative estimate of drug-likeness (QED) is 0.759. The topological polar surface area (TPSA) is 66.5 Å². The summed E-state index contributed by atoms with van der Waals surface area (Å²) in [5, 5.41) is 7.10. The van der Waals surface area contributed by atoms with E-state index in [2.05, 4.69) is 16.8 Å². The van der Waals surface area contributed by atoms with Gasteiger partial charge in [0.15, 0.2) is 0 Å². The van der Waals surface area contributed by atoms with Gasteiger partial charge in [0.25, 0.3) is 10.0 Å². The molecule has 0 aromatic carbocycles. The molecule has 1 N–H and O–H groups in total. The lowest BCUT2D eigenvalue weighted by molar-refractivity contribution is -0.120. The van der Waals surface area contributed by atoms with Crippen LogP contribution in [0.25, 0.3) is 0 Å². The van der Waals surface area contributed by atoms with Crippen molar-refractivity contribution in [1.29, 1.82) is 0 Å². The predicted molar refractivity (Wildman–Crippen MR) is 106 cm³/mol. The fourth-order valence-corrected chi connectivity index (χ4v) is 6.83. The number of piperidine rings is 1. The van der Waals surface area contributed by atoms with Crippen molar-refractivity contribution in [2.24, 2.45) is 0 Å². The van der Waals surface area contributed by atoms with Gasteiger partial charge in [0.1, 0.15) is 4.21 Å². The molecule has 1 amide bonds. The molecule has 2 aromatic rings. The van der Waals surface area contributed by atoms with Crippen molar-refractivity contribution < 1.29 is 13.2 Å². The molecule has 1 unspecified atom stereocenters. The zero-order chi connectivity index (χ0) is 18.6. The highest BCUT2D eigenvalue weighted by molar-refractivity contribution is 7.91. The van der Waals surface area contributed by atoms with Gasteiger partial charge >= 0.3 is 0 Å². The third-order valence-electron chi connectivity index (χ3n) is 4.41. The number of amides is 1. The number of hydrogen-bond donors (Lipinski definition) is 1. The summed E-state index contributed by atoms with van der Waals surface area (Å²) in [5.41, 5.74) is 1.22. The van der Waals surface area contributed by atoms with Gasteiger partial charge in [-0.1, -0.05) is 6.42 Å². The number of rotatable bonds is 7. The number of sulfonamides is 1. The molecule has 1 fully saturated rings. The Hall–Kier alpha value is -1.22. The van der Waals surface area contributed by atoms with E-state index in [9.17, 15) is 13.2 Å². The van der Waals surface area contributed by atoms with Crippen LogP contribution < -0.4 is 5.32 Å². The monoisotopic (exact) mass is 412 g/mol. The largest absolute Gasteiger partial charge is 0.353 e. The van der Waals surface area contributed by atoms with Crippen LogP contribution in [0.3, 0.4) is 0 Å². The molecule has 5 nitrogen and oxygen atoms in total. The van der Waals surface area contributed by atoms with Gasteiger partial charge in [-0.05, 0) is 60.7 Å². The molecule has 1 saturated heterocycles. The Balaban J connectivity index is 1.56.